The Labute approximate surface area is 136 Å². The second-order valence-electron chi connectivity index (χ2n) is 5.76. The molecule has 0 aliphatic carbocycles. The zero-order chi connectivity index (χ0) is 16.8. The Morgan fingerprint density at radius 2 is 1.78 bits per heavy atom. The summed E-state index contributed by atoms with van der Waals surface area (Å²) in [5.74, 6) is -0.199. The van der Waals surface area contributed by atoms with Crippen molar-refractivity contribution in [3.63, 3.8) is 0 Å². The molecule has 0 N–H and O–H groups in total. The normalized spacial score (nSPS) is 15.9. The molecule has 0 aromatic heterocycles. The van der Waals surface area contributed by atoms with Gasteiger partial charge in [0.05, 0.1) is 6.04 Å². The van der Waals surface area contributed by atoms with E-state index in [1.165, 1.54) is 6.92 Å². The molecular weight excluding hydrogens is 294 g/mol. The standard InChI is InChI=1S/C17H23N3O3/c1-14(16-6-4-3-5-7-16)20(15(2)22)12-17(23)19-10-8-18(13-21)9-11-19/h3-7,13-14H,8-12H2,1-2H3. The molecule has 2 rings (SSSR count). The molecule has 1 atom stereocenters. The van der Waals surface area contributed by atoms with Gasteiger partial charge in [-0.25, -0.2) is 0 Å². The number of carbonyl (C=O) groups excluding carboxylic acids is 3. The van der Waals surface area contributed by atoms with Crippen molar-refractivity contribution in [2.45, 2.75) is 19.9 Å². The number of hydrogen-bond donors (Lipinski definition) is 0. The predicted octanol–water partition coefficient (Wildman–Crippen LogP) is 0.897. The lowest BCUT2D eigenvalue weighted by Gasteiger charge is -2.35. The van der Waals surface area contributed by atoms with Crippen LogP contribution >= 0.6 is 0 Å². The Hall–Kier alpha value is -2.37. The van der Waals surface area contributed by atoms with Crippen LogP contribution in [0.2, 0.25) is 0 Å². The predicted molar refractivity (Wildman–Crippen MR) is 86.5 cm³/mol. The lowest BCUT2D eigenvalue weighted by atomic mass is 10.1. The van der Waals surface area contributed by atoms with Crippen LogP contribution < -0.4 is 0 Å². The van der Waals surface area contributed by atoms with Crippen LogP contribution in [-0.2, 0) is 14.4 Å². The van der Waals surface area contributed by atoms with Crippen LogP contribution in [0.3, 0.4) is 0 Å². The minimum absolute atomic E-state index is 0.0620. The Bertz CT molecular complexity index is 553. The monoisotopic (exact) mass is 317 g/mol. The molecule has 1 saturated heterocycles. The first-order chi connectivity index (χ1) is 11.0. The summed E-state index contributed by atoms with van der Waals surface area (Å²) in [7, 11) is 0. The summed E-state index contributed by atoms with van der Waals surface area (Å²) in [4.78, 5) is 40.1. The first-order valence-corrected chi connectivity index (χ1v) is 7.82. The lowest BCUT2D eigenvalue weighted by Crippen LogP contribution is -2.51. The molecule has 0 bridgehead atoms. The van der Waals surface area contributed by atoms with E-state index in [4.69, 9.17) is 0 Å². The number of amides is 3. The summed E-state index contributed by atoms with van der Waals surface area (Å²) in [6.45, 7) is 5.59. The minimum atomic E-state index is -0.158. The van der Waals surface area contributed by atoms with E-state index >= 15 is 0 Å². The summed E-state index contributed by atoms with van der Waals surface area (Å²) in [5, 5.41) is 0. The Morgan fingerprint density at radius 1 is 1.17 bits per heavy atom. The van der Waals surface area contributed by atoms with Gasteiger partial charge >= 0.3 is 0 Å². The lowest BCUT2D eigenvalue weighted by molar-refractivity contribution is -0.142. The van der Waals surface area contributed by atoms with Crippen molar-refractivity contribution >= 4 is 18.2 Å². The highest BCUT2D eigenvalue weighted by atomic mass is 16.2. The van der Waals surface area contributed by atoms with Crippen molar-refractivity contribution in [3.8, 4) is 0 Å². The maximum atomic E-state index is 12.5. The van der Waals surface area contributed by atoms with Crippen molar-refractivity contribution < 1.29 is 14.4 Å². The average molecular weight is 317 g/mol. The fraction of sp³-hybridized carbons (Fsp3) is 0.471. The summed E-state index contributed by atoms with van der Waals surface area (Å²) in [6.07, 6.45) is 0.807. The SMILES string of the molecule is CC(=O)N(CC(=O)N1CCN(C=O)CC1)C(C)c1ccccc1. The van der Waals surface area contributed by atoms with Gasteiger partial charge in [0.25, 0.3) is 0 Å². The minimum Gasteiger partial charge on any atom is -0.342 e. The molecule has 1 heterocycles. The van der Waals surface area contributed by atoms with Gasteiger partial charge in [-0.05, 0) is 12.5 Å². The Kier molecular flexibility index (Phi) is 5.73. The quantitative estimate of drug-likeness (QED) is 0.758. The van der Waals surface area contributed by atoms with E-state index in [2.05, 4.69) is 0 Å². The number of piperazine rings is 1. The van der Waals surface area contributed by atoms with Crippen molar-refractivity contribution in [1.29, 1.82) is 0 Å². The fourth-order valence-electron chi connectivity index (χ4n) is 2.75. The van der Waals surface area contributed by atoms with Gasteiger partial charge in [-0.2, -0.15) is 0 Å². The number of nitrogens with zero attached hydrogens (tertiary/aromatic N) is 3. The van der Waals surface area contributed by atoms with Crippen LogP contribution in [-0.4, -0.2) is 65.6 Å². The second-order valence-corrected chi connectivity index (χ2v) is 5.76. The molecule has 1 unspecified atom stereocenters. The summed E-state index contributed by atoms with van der Waals surface area (Å²) >= 11 is 0. The molecule has 124 valence electrons. The Morgan fingerprint density at radius 3 is 2.30 bits per heavy atom. The van der Waals surface area contributed by atoms with Crippen LogP contribution in [0, 0.1) is 0 Å². The molecule has 3 amide bonds. The number of hydrogen-bond acceptors (Lipinski definition) is 3. The number of rotatable bonds is 5. The van der Waals surface area contributed by atoms with E-state index in [0.717, 1.165) is 12.0 Å². The van der Waals surface area contributed by atoms with E-state index in [0.29, 0.717) is 26.2 Å². The van der Waals surface area contributed by atoms with Crippen LogP contribution in [0.5, 0.6) is 0 Å². The van der Waals surface area contributed by atoms with Gasteiger partial charge in [-0.1, -0.05) is 30.3 Å². The molecule has 0 saturated carbocycles. The highest BCUT2D eigenvalue weighted by molar-refractivity contribution is 5.84. The molecule has 23 heavy (non-hydrogen) atoms. The summed E-state index contributed by atoms with van der Waals surface area (Å²) < 4.78 is 0. The van der Waals surface area contributed by atoms with Crippen molar-refractivity contribution in [2.75, 3.05) is 32.7 Å². The van der Waals surface area contributed by atoms with Crippen molar-refractivity contribution in [2.24, 2.45) is 0 Å². The van der Waals surface area contributed by atoms with E-state index in [9.17, 15) is 14.4 Å². The zero-order valence-electron chi connectivity index (χ0n) is 13.6. The molecule has 1 aromatic carbocycles. The van der Waals surface area contributed by atoms with Crippen LogP contribution in [0.4, 0.5) is 0 Å². The van der Waals surface area contributed by atoms with Gasteiger partial charge < -0.3 is 14.7 Å². The number of benzene rings is 1. The average Bonchev–Trinajstić information content (AvgIpc) is 2.59. The highest BCUT2D eigenvalue weighted by Crippen LogP contribution is 2.20. The van der Waals surface area contributed by atoms with Gasteiger partial charge in [0, 0.05) is 33.1 Å². The van der Waals surface area contributed by atoms with E-state index < -0.39 is 0 Å². The molecule has 1 aliphatic heterocycles. The van der Waals surface area contributed by atoms with Crippen molar-refractivity contribution in [1.82, 2.24) is 14.7 Å². The Balaban J connectivity index is 2.01. The van der Waals surface area contributed by atoms with E-state index in [-0.39, 0.29) is 24.4 Å². The fourth-order valence-corrected chi connectivity index (χ4v) is 2.75. The molecule has 1 aliphatic rings. The third kappa shape index (κ3) is 4.31. The molecule has 0 radical (unpaired) electrons. The molecule has 6 heteroatoms. The van der Waals surface area contributed by atoms with Gasteiger partial charge in [0.15, 0.2) is 0 Å². The van der Waals surface area contributed by atoms with Crippen LogP contribution in [0.1, 0.15) is 25.5 Å². The maximum absolute atomic E-state index is 12.5. The number of carbonyl (C=O) groups is 3. The molecule has 1 aromatic rings. The third-order valence-electron chi connectivity index (χ3n) is 4.28. The zero-order valence-corrected chi connectivity index (χ0v) is 13.6. The molecular formula is C17H23N3O3. The smallest absolute Gasteiger partial charge is 0.242 e. The summed E-state index contributed by atoms with van der Waals surface area (Å²) in [5.41, 5.74) is 1.00. The topological polar surface area (TPSA) is 60.9 Å². The summed E-state index contributed by atoms with van der Waals surface area (Å²) in [6, 6.07) is 9.51. The maximum Gasteiger partial charge on any atom is 0.242 e. The molecule has 1 fully saturated rings. The van der Waals surface area contributed by atoms with E-state index in [1.54, 1.807) is 14.7 Å². The first kappa shape index (κ1) is 17.0. The molecule has 6 nitrogen and oxygen atoms in total. The van der Waals surface area contributed by atoms with Crippen molar-refractivity contribution in [3.05, 3.63) is 35.9 Å². The van der Waals surface area contributed by atoms with Crippen LogP contribution in [0.15, 0.2) is 30.3 Å². The first-order valence-electron chi connectivity index (χ1n) is 7.82. The van der Waals surface area contributed by atoms with Gasteiger partial charge in [-0.3, -0.25) is 14.4 Å². The third-order valence-corrected chi connectivity index (χ3v) is 4.28. The second kappa shape index (κ2) is 7.76. The van der Waals surface area contributed by atoms with Crippen LogP contribution in [0.25, 0.3) is 0 Å². The van der Waals surface area contributed by atoms with Gasteiger partial charge in [0.2, 0.25) is 18.2 Å². The van der Waals surface area contributed by atoms with E-state index in [1.807, 2.05) is 37.3 Å². The largest absolute Gasteiger partial charge is 0.342 e. The van der Waals surface area contributed by atoms with Gasteiger partial charge in [0.1, 0.15) is 6.54 Å². The molecule has 0 spiro atoms. The van der Waals surface area contributed by atoms with Gasteiger partial charge in [-0.15, -0.1) is 0 Å². The highest BCUT2D eigenvalue weighted by Gasteiger charge is 2.26.